The molecule has 1 saturated heterocycles. The molecular formula is C5H8O6S2. The lowest BCUT2D eigenvalue weighted by Gasteiger charge is -2.20. The molecule has 76 valence electrons. The van der Waals surface area contributed by atoms with Crippen molar-refractivity contribution in [3.05, 3.63) is 12.7 Å². The minimum Gasteiger partial charge on any atom is -0.236 e. The van der Waals surface area contributed by atoms with E-state index in [2.05, 4.69) is 14.9 Å². The van der Waals surface area contributed by atoms with Gasteiger partial charge in [-0.05, 0) is 0 Å². The van der Waals surface area contributed by atoms with Crippen LogP contribution in [0.15, 0.2) is 12.7 Å². The topological polar surface area (TPSA) is 86.7 Å². The molecule has 0 atom stereocenters. The zero-order valence-electron chi connectivity index (χ0n) is 6.54. The number of hydrogen-bond donors (Lipinski definition) is 0. The van der Waals surface area contributed by atoms with Gasteiger partial charge < -0.3 is 0 Å². The van der Waals surface area contributed by atoms with Gasteiger partial charge in [-0.25, -0.2) is 8.37 Å². The van der Waals surface area contributed by atoms with Gasteiger partial charge in [0, 0.05) is 6.42 Å². The predicted octanol–water partition coefficient (Wildman–Crippen LogP) is -0.447. The molecule has 0 unspecified atom stereocenters. The van der Waals surface area contributed by atoms with Crippen LogP contribution in [0.25, 0.3) is 0 Å². The fourth-order valence-electron chi connectivity index (χ4n) is 0.790. The molecule has 0 aliphatic carbocycles. The van der Waals surface area contributed by atoms with Gasteiger partial charge in [-0.2, -0.15) is 16.8 Å². The van der Waals surface area contributed by atoms with Gasteiger partial charge in [0.05, 0.1) is 0 Å². The fourth-order valence-corrected chi connectivity index (χ4v) is 3.59. The monoisotopic (exact) mass is 228 g/mol. The molecule has 0 radical (unpaired) electrons. The maximum Gasteiger partial charge on any atom is 0.286 e. The van der Waals surface area contributed by atoms with Crippen LogP contribution in [0.5, 0.6) is 0 Å². The van der Waals surface area contributed by atoms with Gasteiger partial charge in [0.1, 0.15) is 0 Å². The number of rotatable bonds is 2. The van der Waals surface area contributed by atoms with Crippen LogP contribution in [0.1, 0.15) is 6.42 Å². The Morgan fingerprint density at radius 3 is 2.08 bits per heavy atom. The zero-order valence-corrected chi connectivity index (χ0v) is 8.18. The van der Waals surface area contributed by atoms with Crippen molar-refractivity contribution in [2.24, 2.45) is 0 Å². The van der Waals surface area contributed by atoms with Crippen LogP contribution < -0.4 is 0 Å². The standard InChI is InChI=1S/C5H8O6S2/c1-2-3-5-10-12(6,7)4-13(8,9)11-5/h2,5H,1,3-4H2. The molecule has 1 rings (SSSR count). The maximum absolute atomic E-state index is 10.8. The second-order valence-electron chi connectivity index (χ2n) is 2.38. The number of hydrogen-bond acceptors (Lipinski definition) is 6. The minimum absolute atomic E-state index is 0.00153. The average molecular weight is 228 g/mol. The van der Waals surface area contributed by atoms with Gasteiger partial charge in [0.2, 0.25) is 5.08 Å². The van der Waals surface area contributed by atoms with Crippen LogP contribution in [-0.2, 0) is 28.6 Å². The molecule has 13 heavy (non-hydrogen) atoms. The SMILES string of the molecule is C=CCC1OS(=O)(=O)CS(=O)(=O)O1. The lowest BCUT2D eigenvalue weighted by atomic mass is 10.4. The third kappa shape index (κ3) is 3.07. The van der Waals surface area contributed by atoms with E-state index in [1.165, 1.54) is 6.08 Å². The Labute approximate surface area is 76.4 Å². The second-order valence-corrected chi connectivity index (χ2v) is 5.94. The predicted molar refractivity (Wildman–Crippen MR) is 43.5 cm³/mol. The molecule has 0 spiro atoms. The summed E-state index contributed by atoms with van der Waals surface area (Å²) in [5.41, 5.74) is 0. The first-order valence-electron chi connectivity index (χ1n) is 3.27. The molecule has 1 heterocycles. The van der Waals surface area contributed by atoms with E-state index in [0.29, 0.717) is 0 Å². The summed E-state index contributed by atoms with van der Waals surface area (Å²) in [7, 11) is -8.04. The van der Waals surface area contributed by atoms with Crippen molar-refractivity contribution in [2.75, 3.05) is 5.08 Å². The van der Waals surface area contributed by atoms with Gasteiger partial charge in [-0.3, -0.25) is 0 Å². The Morgan fingerprint density at radius 1 is 1.23 bits per heavy atom. The lowest BCUT2D eigenvalue weighted by Crippen LogP contribution is -2.35. The average Bonchev–Trinajstić information content (AvgIpc) is 1.78. The van der Waals surface area contributed by atoms with Crippen molar-refractivity contribution < 1.29 is 25.2 Å². The molecule has 8 heteroatoms. The first kappa shape index (κ1) is 10.6. The summed E-state index contributed by atoms with van der Waals surface area (Å²) < 4.78 is 52.0. The van der Waals surface area contributed by atoms with Gasteiger partial charge in [0.15, 0.2) is 6.29 Å². The first-order valence-corrected chi connectivity index (χ1v) is 6.43. The molecule has 1 aliphatic heterocycles. The van der Waals surface area contributed by atoms with Gasteiger partial charge in [-0.15, -0.1) is 6.58 Å². The van der Waals surface area contributed by atoms with Crippen LogP contribution >= 0.6 is 0 Å². The molecule has 1 aliphatic rings. The van der Waals surface area contributed by atoms with E-state index in [9.17, 15) is 16.8 Å². The smallest absolute Gasteiger partial charge is 0.236 e. The van der Waals surface area contributed by atoms with E-state index >= 15 is 0 Å². The lowest BCUT2D eigenvalue weighted by molar-refractivity contribution is 0.0146. The largest absolute Gasteiger partial charge is 0.286 e. The van der Waals surface area contributed by atoms with Crippen molar-refractivity contribution in [2.45, 2.75) is 12.7 Å². The summed E-state index contributed by atoms with van der Waals surface area (Å²) in [6, 6.07) is 0. The Morgan fingerprint density at radius 2 is 1.69 bits per heavy atom. The Balaban J connectivity index is 2.91. The van der Waals surface area contributed by atoms with E-state index in [1.54, 1.807) is 0 Å². The molecule has 0 aromatic carbocycles. The summed E-state index contributed by atoms with van der Waals surface area (Å²) in [6.07, 6.45) is 0.000648. The molecule has 0 bridgehead atoms. The van der Waals surface area contributed by atoms with Crippen LogP contribution in [0, 0.1) is 0 Å². The highest BCUT2D eigenvalue weighted by atomic mass is 32.3. The van der Waals surface area contributed by atoms with Crippen LogP contribution in [0.4, 0.5) is 0 Å². The summed E-state index contributed by atoms with van der Waals surface area (Å²) in [4.78, 5) is 0. The normalized spacial score (nSPS) is 26.8. The van der Waals surface area contributed by atoms with Crippen LogP contribution in [-0.4, -0.2) is 28.2 Å². The van der Waals surface area contributed by atoms with Crippen LogP contribution in [0.2, 0.25) is 0 Å². The molecule has 0 aromatic heterocycles. The highest BCUT2D eigenvalue weighted by Gasteiger charge is 2.36. The molecule has 0 N–H and O–H groups in total. The van der Waals surface area contributed by atoms with Crippen molar-refractivity contribution in [1.82, 2.24) is 0 Å². The molecule has 0 aromatic rings. The molecule has 0 saturated carbocycles. The van der Waals surface area contributed by atoms with Crippen molar-refractivity contribution in [3.8, 4) is 0 Å². The highest BCUT2D eigenvalue weighted by Crippen LogP contribution is 2.18. The van der Waals surface area contributed by atoms with E-state index in [0.717, 1.165) is 0 Å². The van der Waals surface area contributed by atoms with Crippen LogP contribution in [0.3, 0.4) is 0 Å². The Bertz CT molecular complexity index is 357. The third-order valence-corrected chi connectivity index (χ3v) is 4.48. The second kappa shape index (κ2) is 3.37. The zero-order chi connectivity index (χ0) is 10.1. The van der Waals surface area contributed by atoms with Crippen molar-refractivity contribution in [1.29, 1.82) is 0 Å². The van der Waals surface area contributed by atoms with E-state index in [1.807, 2.05) is 0 Å². The van der Waals surface area contributed by atoms with E-state index < -0.39 is 31.6 Å². The van der Waals surface area contributed by atoms with Crippen molar-refractivity contribution in [3.63, 3.8) is 0 Å². The van der Waals surface area contributed by atoms with Crippen molar-refractivity contribution >= 4 is 20.2 Å². The summed E-state index contributed by atoms with van der Waals surface area (Å²) in [5.74, 6) is 0. The molecular weight excluding hydrogens is 220 g/mol. The maximum atomic E-state index is 10.8. The third-order valence-electron chi connectivity index (χ3n) is 1.16. The minimum atomic E-state index is -4.02. The Kier molecular flexibility index (Phi) is 2.76. The van der Waals surface area contributed by atoms with Gasteiger partial charge in [0.25, 0.3) is 20.2 Å². The first-order chi connectivity index (χ1) is 5.85. The Hall–Kier alpha value is -0.440. The van der Waals surface area contributed by atoms with Gasteiger partial charge in [-0.1, -0.05) is 6.08 Å². The quantitative estimate of drug-likeness (QED) is 0.470. The molecule has 0 amide bonds. The highest BCUT2D eigenvalue weighted by molar-refractivity contribution is 8.04. The summed E-state index contributed by atoms with van der Waals surface area (Å²) in [6.45, 7) is 3.30. The van der Waals surface area contributed by atoms with Gasteiger partial charge >= 0.3 is 0 Å². The fraction of sp³-hybridized carbons (Fsp3) is 0.600. The van der Waals surface area contributed by atoms with E-state index in [-0.39, 0.29) is 6.42 Å². The molecule has 1 fully saturated rings. The summed E-state index contributed by atoms with van der Waals surface area (Å²) >= 11 is 0. The van der Waals surface area contributed by atoms with E-state index in [4.69, 9.17) is 0 Å². The summed E-state index contributed by atoms with van der Waals surface area (Å²) in [5, 5.41) is -1.13. The molecule has 6 nitrogen and oxygen atoms in total.